The van der Waals surface area contributed by atoms with Gasteiger partial charge in [-0.25, -0.2) is 18.4 Å². The van der Waals surface area contributed by atoms with Gasteiger partial charge in [0.15, 0.2) is 5.03 Å². The van der Waals surface area contributed by atoms with Crippen molar-refractivity contribution in [3.8, 4) is 10.6 Å². The Kier molecular flexibility index (Phi) is 7.58. The molecule has 0 bridgehead atoms. The number of hydrogen-bond donors (Lipinski definition) is 1. The third-order valence-electron chi connectivity index (χ3n) is 4.94. The van der Waals surface area contributed by atoms with Crippen molar-refractivity contribution >= 4 is 27.3 Å². The van der Waals surface area contributed by atoms with Crippen LogP contribution in [0.4, 0.5) is 0 Å². The van der Waals surface area contributed by atoms with Crippen LogP contribution in [0.15, 0.2) is 53.4 Å². The smallest absolute Gasteiger partial charge is 0.322 e. The van der Waals surface area contributed by atoms with Crippen molar-refractivity contribution in [3.05, 3.63) is 53.9 Å². The summed E-state index contributed by atoms with van der Waals surface area (Å²) < 4.78 is 29.3. The Balaban J connectivity index is 1.93. The predicted octanol–water partition coefficient (Wildman–Crippen LogP) is 3.77. The maximum atomic E-state index is 13.4. The molecule has 0 aliphatic heterocycles. The molecule has 1 atom stereocenters. The Labute approximate surface area is 186 Å². The molecular formula is C21H26N4O4S2. The van der Waals surface area contributed by atoms with Crippen molar-refractivity contribution in [2.24, 2.45) is 7.05 Å². The predicted molar refractivity (Wildman–Crippen MR) is 119 cm³/mol. The molecule has 31 heavy (non-hydrogen) atoms. The average molecular weight is 463 g/mol. The van der Waals surface area contributed by atoms with Gasteiger partial charge in [0.05, 0.1) is 6.33 Å². The number of carboxylic acid groups (broad SMARTS) is 1. The van der Waals surface area contributed by atoms with E-state index in [-0.39, 0.29) is 18.0 Å². The second-order valence-electron chi connectivity index (χ2n) is 7.31. The lowest BCUT2D eigenvalue weighted by Gasteiger charge is -2.27. The number of nitrogens with zero attached hydrogens (tertiary/aromatic N) is 4. The number of aryl methyl sites for hydroxylation is 1. The van der Waals surface area contributed by atoms with Gasteiger partial charge in [-0.3, -0.25) is 4.79 Å². The Morgan fingerprint density at radius 1 is 1.23 bits per heavy atom. The molecule has 1 aromatic carbocycles. The molecule has 1 unspecified atom stereocenters. The average Bonchev–Trinajstić information content (AvgIpc) is 3.42. The standard InChI is InChI=1S/C21H26N4O4S2/c1-3-4-5-6-18(21(26)27)25(31(28,29)19-14-24(2)15-23-19)13-16-7-9-17(10-8-16)20-22-11-12-30-20/h7-12,14-15,18H,3-6,13H2,1-2H3,(H,26,27). The van der Waals surface area contributed by atoms with Gasteiger partial charge in [0.1, 0.15) is 11.0 Å². The topological polar surface area (TPSA) is 105 Å². The van der Waals surface area contributed by atoms with Gasteiger partial charge in [-0.15, -0.1) is 11.3 Å². The lowest BCUT2D eigenvalue weighted by atomic mass is 10.1. The first-order valence-corrected chi connectivity index (χ1v) is 12.4. The molecule has 8 nitrogen and oxygen atoms in total. The van der Waals surface area contributed by atoms with Crippen LogP contribution in [0.2, 0.25) is 0 Å². The first kappa shape index (κ1) is 23.1. The lowest BCUT2D eigenvalue weighted by Crippen LogP contribution is -2.44. The van der Waals surface area contributed by atoms with Crippen molar-refractivity contribution in [2.75, 3.05) is 0 Å². The summed E-state index contributed by atoms with van der Waals surface area (Å²) in [5, 5.41) is 12.5. The maximum Gasteiger partial charge on any atom is 0.322 e. The number of aromatic nitrogens is 3. The van der Waals surface area contributed by atoms with Crippen LogP contribution in [-0.4, -0.2) is 44.4 Å². The van der Waals surface area contributed by atoms with E-state index in [0.29, 0.717) is 12.0 Å². The van der Waals surface area contributed by atoms with E-state index in [0.717, 1.165) is 27.7 Å². The Morgan fingerprint density at radius 2 is 1.97 bits per heavy atom. The lowest BCUT2D eigenvalue weighted by molar-refractivity contribution is -0.141. The van der Waals surface area contributed by atoms with Crippen LogP contribution < -0.4 is 0 Å². The van der Waals surface area contributed by atoms with E-state index in [1.807, 2.05) is 36.6 Å². The number of benzene rings is 1. The second-order valence-corrected chi connectivity index (χ2v) is 10.0. The summed E-state index contributed by atoms with van der Waals surface area (Å²) >= 11 is 1.51. The van der Waals surface area contributed by atoms with Crippen LogP contribution in [0, 0.1) is 0 Å². The number of aliphatic carboxylic acids is 1. The number of carboxylic acids is 1. The number of sulfonamides is 1. The van der Waals surface area contributed by atoms with Crippen molar-refractivity contribution < 1.29 is 18.3 Å². The first-order valence-electron chi connectivity index (χ1n) is 10.0. The third kappa shape index (κ3) is 5.57. The van der Waals surface area contributed by atoms with Gasteiger partial charge in [-0.05, 0) is 12.0 Å². The van der Waals surface area contributed by atoms with Crippen LogP contribution in [0.3, 0.4) is 0 Å². The molecule has 0 amide bonds. The maximum absolute atomic E-state index is 13.4. The summed E-state index contributed by atoms with van der Waals surface area (Å²) in [6.07, 6.45) is 7.13. The zero-order chi connectivity index (χ0) is 22.4. The molecule has 1 N–H and O–H groups in total. The Bertz CT molecular complexity index is 1090. The van der Waals surface area contributed by atoms with Crippen molar-refractivity contribution in [1.82, 2.24) is 18.8 Å². The molecule has 2 aromatic heterocycles. The van der Waals surface area contributed by atoms with Crippen LogP contribution >= 0.6 is 11.3 Å². The molecule has 3 aromatic rings. The minimum atomic E-state index is -4.10. The molecule has 0 radical (unpaired) electrons. The van der Waals surface area contributed by atoms with E-state index >= 15 is 0 Å². The molecule has 3 rings (SSSR count). The fourth-order valence-electron chi connectivity index (χ4n) is 3.28. The van der Waals surface area contributed by atoms with Gasteiger partial charge >= 0.3 is 5.97 Å². The molecule has 0 fully saturated rings. The molecule has 10 heteroatoms. The molecule has 166 valence electrons. The first-order chi connectivity index (χ1) is 14.8. The van der Waals surface area contributed by atoms with Crippen LogP contribution in [-0.2, 0) is 28.4 Å². The second kappa shape index (κ2) is 10.2. The molecule has 0 aliphatic carbocycles. The van der Waals surface area contributed by atoms with Gasteiger partial charge < -0.3 is 9.67 Å². The molecule has 0 saturated heterocycles. The molecule has 0 aliphatic rings. The largest absolute Gasteiger partial charge is 0.480 e. The molecular weight excluding hydrogens is 436 g/mol. The van der Waals surface area contributed by atoms with Crippen molar-refractivity contribution in [1.29, 1.82) is 0 Å². The van der Waals surface area contributed by atoms with Gasteiger partial charge in [0.25, 0.3) is 10.0 Å². The van der Waals surface area contributed by atoms with E-state index in [9.17, 15) is 18.3 Å². The zero-order valence-electron chi connectivity index (χ0n) is 17.5. The minimum Gasteiger partial charge on any atom is -0.480 e. The number of unbranched alkanes of at least 4 members (excludes halogenated alkanes) is 2. The summed E-state index contributed by atoms with van der Waals surface area (Å²) in [7, 11) is -2.43. The number of hydrogen-bond acceptors (Lipinski definition) is 6. The van der Waals surface area contributed by atoms with Crippen molar-refractivity contribution in [3.63, 3.8) is 0 Å². The highest BCUT2D eigenvalue weighted by atomic mass is 32.2. The number of imidazole rings is 1. The summed E-state index contributed by atoms with van der Waals surface area (Å²) in [6, 6.07) is 6.18. The highest BCUT2D eigenvalue weighted by Crippen LogP contribution is 2.26. The molecule has 0 spiro atoms. The summed E-state index contributed by atoms with van der Waals surface area (Å²) in [6.45, 7) is 1.96. The normalized spacial score (nSPS) is 12.9. The molecule has 0 saturated carbocycles. The summed E-state index contributed by atoms with van der Waals surface area (Å²) in [5.74, 6) is -1.16. The summed E-state index contributed by atoms with van der Waals surface area (Å²) in [5.41, 5.74) is 1.62. The summed E-state index contributed by atoms with van der Waals surface area (Å²) in [4.78, 5) is 20.3. The fourth-order valence-corrected chi connectivity index (χ4v) is 5.50. The van der Waals surface area contributed by atoms with Crippen LogP contribution in [0.1, 0.15) is 38.2 Å². The van der Waals surface area contributed by atoms with Gasteiger partial charge in [-0.1, -0.05) is 50.5 Å². The van der Waals surface area contributed by atoms with Crippen LogP contribution in [0.5, 0.6) is 0 Å². The van der Waals surface area contributed by atoms with E-state index in [1.54, 1.807) is 13.2 Å². The van der Waals surface area contributed by atoms with E-state index in [4.69, 9.17) is 0 Å². The minimum absolute atomic E-state index is 0.0554. The van der Waals surface area contributed by atoms with Crippen LogP contribution in [0.25, 0.3) is 10.6 Å². The van der Waals surface area contributed by atoms with E-state index in [1.165, 1.54) is 28.4 Å². The quantitative estimate of drug-likeness (QED) is 0.435. The highest BCUT2D eigenvalue weighted by molar-refractivity contribution is 7.89. The number of rotatable bonds is 11. The fraction of sp³-hybridized carbons (Fsp3) is 0.381. The third-order valence-corrected chi connectivity index (χ3v) is 7.50. The van der Waals surface area contributed by atoms with E-state index < -0.39 is 22.0 Å². The molecule has 2 heterocycles. The zero-order valence-corrected chi connectivity index (χ0v) is 19.1. The monoisotopic (exact) mass is 462 g/mol. The Hall–Kier alpha value is -2.56. The van der Waals surface area contributed by atoms with Gasteiger partial charge in [0, 0.05) is 36.9 Å². The SMILES string of the molecule is CCCCCC(C(=O)O)N(Cc1ccc(-c2nccs2)cc1)S(=O)(=O)c1cn(C)cn1. The van der Waals surface area contributed by atoms with Gasteiger partial charge in [0.2, 0.25) is 0 Å². The number of thiazole rings is 1. The highest BCUT2D eigenvalue weighted by Gasteiger charge is 2.37. The van der Waals surface area contributed by atoms with Crippen molar-refractivity contribution in [2.45, 2.75) is 50.2 Å². The Morgan fingerprint density at radius 3 is 2.52 bits per heavy atom. The van der Waals surface area contributed by atoms with Gasteiger partial charge in [-0.2, -0.15) is 4.31 Å². The van der Waals surface area contributed by atoms with E-state index in [2.05, 4.69) is 9.97 Å². The number of carbonyl (C=O) groups is 1.